The number of anilines is 2. The van der Waals surface area contributed by atoms with Gasteiger partial charge in [0.05, 0.1) is 5.56 Å². The molecular formula is C14H12ClF3N2. The van der Waals surface area contributed by atoms with E-state index in [9.17, 15) is 13.2 Å². The summed E-state index contributed by atoms with van der Waals surface area (Å²) in [5, 5.41) is 3.53. The first kappa shape index (κ1) is 14.5. The molecule has 0 aromatic heterocycles. The predicted molar refractivity (Wildman–Crippen MR) is 74.6 cm³/mol. The monoisotopic (exact) mass is 300 g/mol. The zero-order valence-corrected chi connectivity index (χ0v) is 11.1. The number of nitrogen functional groups attached to an aromatic ring is 1. The molecule has 0 aliphatic heterocycles. The van der Waals surface area contributed by atoms with Crippen LogP contribution in [0.15, 0.2) is 42.5 Å². The van der Waals surface area contributed by atoms with Crippen LogP contribution >= 0.6 is 11.6 Å². The van der Waals surface area contributed by atoms with Crippen LogP contribution in [0.1, 0.15) is 11.1 Å². The van der Waals surface area contributed by atoms with Crippen LogP contribution < -0.4 is 11.1 Å². The van der Waals surface area contributed by atoms with Gasteiger partial charge in [-0.3, -0.25) is 0 Å². The Hall–Kier alpha value is -1.88. The molecular weight excluding hydrogens is 289 g/mol. The van der Waals surface area contributed by atoms with E-state index in [1.807, 2.05) is 0 Å². The van der Waals surface area contributed by atoms with Crippen LogP contribution in [0.5, 0.6) is 0 Å². The first-order chi connectivity index (χ1) is 9.36. The molecule has 0 amide bonds. The average Bonchev–Trinajstić information content (AvgIpc) is 2.38. The van der Waals surface area contributed by atoms with Crippen molar-refractivity contribution in [1.29, 1.82) is 0 Å². The quantitative estimate of drug-likeness (QED) is 0.816. The third kappa shape index (κ3) is 3.57. The summed E-state index contributed by atoms with van der Waals surface area (Å²) in [6.07, 6.45) is -4.46. The Labute approximate surface area is 119 Å². The molecule has 0 heterocycles. The smallest absolute Gasteiger partial charge is 0.398 e. The van der Waals surface area contributed by atoms with Crippen molar-refractivity contribution in [2.75, 3.05) is 11.1 Å². The van der Waals surface area contributed by atoms with E-state index in [1.54, 1.807) is 24.3 Å². The minimum absolute atomic E-state index is 0.283. The van der Waals surface area contributed by atoms with E-state index in [-0.39, 0.29) is 5.69 Å². The Morgan fingerprint density at radius 2 is 1.70 bits per heavy atom. The molecule has 0 spiro atoms. The second-order valence-corrected chi connectivity index (χ2v) is 4.72. The highest BCUT2D eigenvalue weighted by Crippen LogP contribution is 2.35. The van der Waals surface area contributed by atoms with Crippen LogP contribution in [-0.4, -0.2) is 0 Å². The Morgan fingerprint density at radius 3 is 2.30 bits per heavy atom. The molecule has 2 aromatic rings. The molecule has 0 unspecified atom stereocenters. The van der Waals surface area contributed by atoms with Crippen LogP contribution in [0.3, 0.4) is 0 Å². The zero-order valence-electron chi connectivity index (χ0n) is 10.3. The van der Waals surface area contributed by atoms with E-state index < -0.39 is 11.7 Å². The topological polar surface area (TPSA) is 38.0 Å². The van der Waals surface area contributed by atoms with Gasteiger partial charge < -0.3 is 11.1 Å². The lowest BCUT2D eigenvalue weighted by Crippen LogP contribution is -2.10. The molecule has 0 bridgehead atoms. The highest BCUT2D eigenvalue weighted by atomic mass is 35.5. The van der Waals surface area contributed by atoms with Crippen molar-refractivity contribution in [3.63, 3.8) is 0 Å². The normalized spacial score (nSPS) is 11.4. The number of halogens is 4. The average molecular weight is 301 g/mol. The van der Waals surface area contributed by atoms with Gasteiger partial charge in [-0.2, -0.15) is 13.2 Å². The summed E-state index contributed by atoms with van der Waals surface area (Å²) in [5.41, 5.74) is 5.50. The number of benzene rings is 2. The molecule has 2 nitrogen and oxygen atoms in total. The molecule has 0 aliphatic carbocycles. The fraction of sp³-hybridized carbons (Fsp3) is 0.143. The molecule has 20 heavy (non-hydrogen) atoms. The number of nitrogens with two attached hydrogens (primary N) is 1. The first-order valence-electron chi connectivity index (χ1n) is 5.81. The summed E-state index contributed by atoms with van der Waals surface area (Å²) in [7, 11) is 0. The number of hydrogen-bond donors (Lipinski definition) is 2. The van der Waals surface area contributed by atoms with Crippen LogP contribution in [0, 0.1) is 0 Å². The van der Waals surface area contributed by atoms with Gasteiger partial charge in [-0.1, -0.05) is 23.7 Å². The summed E-state index contributed by atoms with van der Waals surface area (Å²) in [6, 6.07) is 10.8. The van der Waals surface area contributed by atoms with Crippen LogP contribution in [0.4, 0.5) is 24.5 Å². The summed E-state index contributed by atoms with van der Waals surface area (Å²) in [5.74, 6) is 0. The lowest BCUT2D eigenvalue weighted by atomic mass is 10.1. The van der Waals surface area contributed by atoms with E-state index in [1.165, 1.54) is 12.1 Å². The van der Waals surface area contributed by atoms with E-state index >= 15 is 0 Å². The van der Waals surface area contributed by atoms with Gasteiger partial charge in [0.2, 0.25) is 0 Å². The van der Waals surface area contributed by atoms with Crippen LogP contribution in [-0.2, 0) is 12.7 Å². The highest BCUT2D eigenvalue weighted by molar-refractivity contribution is 6.30. The third-order valence-electron chi connectivity index (χ3n) is 2.77. The fourth-order valence-electron chi connectivity index (χ4n) is 1.72. The second kappa shape index (κ2) is 5.63. The van der Waals surface area contributed by atoms with Gasteiger partial charge in [-0.25, -0.2) is 0 Å². The second-order valence-electron chi connectivity index (χ2n) is 4.28. The Morgan fingerprint density at radius 1 is 1.05 bits per heavy atom. The maximum absolute atomic E-state index is 12.7. The van der Waals surface area contributed by atoms with E-state index in [0.717, 1.165) is 11.6 Å². The van der Waals surface area contributed by atoms with Gasteiger partial charge in [-0.05, 0) is 35.9 Å². The summed E-state index contributed by atoms with van der Waals surface area (Å²) < 4.78 is 38.1. The minimum atomic E-state index is -4.46. The van der Waals surface area contributed by atoms with Gasteiger partial charge in [0, 0.05) is 22.9 Å². The molecule has 0 aliphatic rings. The Balaban J connectivity index is 2.12. The van der Waals surface area contributed by atoms with Crippen molar-refractivity contribution < 1.29 is 13.2 Å². The van der Waals surface area contributed by atoms with Crippen molar-refractivity contribution in [2.45, 2.75) is 12.7 Å². The minimum Gasteiger partial charge on any atom is -0.398 e. The van der Waals surface area contributed by atoms with Crippen molar-refractivity contribution in [2.24, 2.45) is 0 Å². The number of alkyl halides is 3. The van der Waals surface area contributed by atoms with Crippen molar-refractivity contribution >= 4 is 23.0 Å². The molecule has 6 heteroatoms. The Bertz CT molecular complexity index is 594. The molecule has 0 saturated carbocycles. The lowest BCUT2D eigenvalue weighted by molar-refractivity contribution is -0.136. The first-order valence-corrected chi connectivity index (χ1v) is 6.19. The molecule has 0 atom stereocenters. The summed E-state index contributed by atoms with van der Waals surface area (Å²) in [6.45, 7) is 0.401. The number of rotatable bonds is 3. The predicted octanol–water partition coefficient (Wildman–Crippen LogP) is 4.55. The van der Waals surface area contributed by atoms with Gasteiger partial charge in [-0.15, -0.1) is 0 Å². The highest BCUT2D eigenvalue weighted by Gasteiger charge is 2.33. The molecule has 106 valence electrons. The van der Waals surface area contributed by atoms with E-state index in [0.29, 0.717) is 17.3 Å². The third-order valence-corrected chi connectivity index (χ3v) is 3.02. The largest absolute Gasteiger partial charge is 0.418 e. The standard InChI is InChI=1S/C14H12ClF3N2/c15-10-3-1-9(2-4-10)8-20-11-5-6-13(19)12(7-11)14(16,17)18/h1-7,20H,8,19H2. The number of nitrogens with one attached hydrogen (secondary N) is 1. The van der Waals surface area contributed by atoms with E-state index in [2.05, 4.69) is 5.32 Å². The lowest BCUT2D eigenvalue weighted by Gasteiger charge is -2.13. The van der Waals surface area contributed by atoms with Crippen molar-refractivity contribution in [1.82, 2.24) is 0 Å². The molecule has 2 rings (SSSR count). The van der Waals surface area contributed by atoms with Gasteiger partial charge >= 0.3 is 6.18 Å². The van der Waals surface area contributed by atoms with Crippen LogP contribution in [0.25, 0.3) is 0 Å². The van der Waals surface area contributed by atoms with Gasteiger partial charge in [0.1, 0.15) is 0 Å². The Kier molecular flexibility index (Phi) is 4.09. The fourth-order valence-corrected chi connectivity index (χ4v) is 1.84. The molecule has 0 fully saturated rings. The van der Waals surface area contributed by atoms with Crippen molar-refractivity contribution in [3.05, 3.63) is 58.6 Å². The maximum atomic E-state index is 12.7. The van der Waals surface area contributed by atoms with Gasteiger partial charge in [0.25, 0.3) is 0 Å². The summed E-state index contributed by atoms with van der Waals surface area (Å²) >= 11 is 5.76. The molecule has 0 saturated heterocycles. The molecule has 2 aromatic carbocycles. The maximum Gasteiger partial charge on any atom is 0.418 e. The zero-order chi connectivity index (χ0) is 14.8. The van der Waals surface area contributed by atoms with Crippen molar-refractivity contribution in [3.8, 4) is 0 Å². The SMILES string of the molecule is Nc1ccc(NCc2ccc(Cl)cc2)cc1C(F)(F)F. The number of hydrogen-bond acceptors (Lipinski definition) is 2. The van der Waals surface area contributed by atoms with Gasteiger partial charge in [0.15, 0.2) is 0 Å². The van der Waals surface area contributed by atoms with E-state index in [4.69, 9.17) is 17.3 Å². The van der Waals surface area contributed by atoms with Crippen LogP contribution in [0.2, 0.25) is 5.02 Å². The summed E-state index contributed by atoms with van der Waals surface area (Å²) in [4.78, 5) is 0. The molecule has 3 N–H and O–H groups in total. The molecule has 0 radical (unpaired) electrons.